The van der Waals surface area contributed by atoms with Gasteiger partial charge in [0.15, 0.2) is 0 Å². The number of nitrogens with one attached hydrogen (secondary N) is 2. The van der Waals surface area contributed by atoms with E-state index in [2.05, 4.69) is 15.0 Å². The lowest BCUT2D eigenvalue weighted by Gasteiger charge is -2.42. The summed E-state index contributed by atoms with van der Waals surface area (Å²) in [5, 5.41) is 16.0. The molecule has 2 aliphatic heterocycles. The van der Waals surface area contributed by atoms with Gasteiger partial charge in [0.25, 0.3) is 5.91 Å². The van der Waals surface area contributed by atoms with Gasteiger partial charge < -0.3 is 15.3 Å². The van der Waals surface area contributed by atoms with Crippen molar-refractivity contribution in [3.8, 4) is 0 Å². The molecule has 0 radical (unpaired) electrons. The number of carbonyl (C=O) groups is 2. The summed E-state index contributed by atoms with van der Waals surface area (Å²) in [5.41, 5.74) is -0.211. The molecular formula is C17H18N4O3S2. The number of carbonyl (C=O) groups excluding carboxylic acids is 1. The third-order valence-electron chi connectivity index (χ3n) is 4.88. The lowest BCUT2D eigenvalue weighted by atomic mass is 9.86. The number of hydrogen-bond donors (Lipinski definition) is 3. The van der Waals surface area contributed by atoms with Crippen molar-refractivity contribution < 1.29 is 14.7 Å². The molecule has 26 heavy (non-hydrogen) atoms. The van der Waals surface area contributed by atoms with Crippen molar-refractivity contribution in [1.29, 1.82) is 0 Å². The molecule has 3 atom stereocenters. The van der Waals surface area contributed by atoms with E-state index >= 15 is 0 Å². The summed E-state index contributed by atoms with van der Waals surface area (Å²) in [6, 6.07) is 11.0. The van der Waals surface area contributed by atoms with Crippen LogP contribution in [0.5, 0.6) is 0 Å². The van der Waals surface area contributed by atoms with E-state index in [0.29, 0.717) is 18.7 Å². The van der Waals surface area contributed by atoms with Crippen molar-refractivity contribution in [3.63, 3.8) is 0 Å². The molecule has 2 fully saturated rings. The van der Waals surface area contributed by atoms with Gasteiger partial charge in [-0.2, -0.15) is 0 Å². The summed E-state index contributed by atoms with van der Waals surface area (Å²) in [6.45, 7) is 0.833. The van der Waals surface area contributed by atoms with E-state index in [0.717, 1.165) is 10.6 Å². The monoisotopic (exact) mass is 390 g/mol. The molecule has 0 aliphatic carbocycles. The van der Waals surface area contributed by atoms with Gasteiger partial charge in [0, 0.05) is 41.4 Å². The minimum atomic E-state index is -0.917. The molecule has 3 unspecified atom stereocenters. The zero-order valence-electron chi connectivity index (χ0n) is 13.8. The molecule has 2 amide bonds. The number of carboxylic acid groups (broad SMARTS) is 1. The average molecular weight is 390 g/mol. The molecule has 2 aliphatic rings. The van der Waals surface area contributed by atoms with Gasteiger partial charge in [-0.15, -0.1) is 11.8 Å². The third-order valence-corrected chi connectivity index (χ3v) is 6.96. The highest BCUT2D eigenvalue weighted by molar-refractivity contribution is 7.99. The van der Waals surface area contributed by atoms with Crippen LogP contribution in [-0.2, 0) is 5.54 Å². The maximum atomic E-state index is 12.5. The van der Waals surface area contributed by atoms with Gasteiger partial charge in [0.2, 0.25) is 0 Å². The van der Waals surface area contributed by atoms with Crippen LogP contribution in [0.25, 0.3) is 0 Å². The van der Waals surface area contributed by atoms with Crippen LogP contribution in [0.15, 0.2) is 42.6 Å². The quantitative estimate of drug-likeness (QED) is 0.742. The van der Waals surface area contributed by atoms with Crippen molar-refractivity contribution in [3.05, 3.63) is 53.0 Å². The molecule has 0 bridgehead atoms. The maximum absolute atomic E-state index is 12.5. The van der Waals surface area contributed by atoms with Gasteiger partial charge in [-0.25, -0.2) is 9.17 Å². The predicted molar refractivity (Wildman–Crippen MR) is 100 cm³/mol. The van der Waals surface area contributed by atoms with Crippen molar-refractivity contribution in [1.82, 2.24) is 19.9 Å². The third kappa shape index (κ3) is 3.06. The summed E-state index contributed by atoms with van der Waals surface area (Å²) in [5.74, 6) is 0.740. The average Bonchev–Trinajstić information content (AvgIpc) is 3.30. The fraction of sp³-hybridized carbons (Fsp3) is 0.353. The Morgan fingerprint density at radius 3 is 2.81 bits per heavy atom. The minimum absolute atomic E-state index is 0.133. The van der Waals surface area contributed by atoms with Gasteiger partial charge in [-0.05, 0) is 29.7 Å². The van der Waals surface area contributed by atoms with E-state index < -0.39 is 11.6 Å². The van der Waals surface area contributed by atoms with E-state index in [1.165, 1.54) is 16.4 Å². The number of rotatable bonds is 3. The molecule has 2 aromatic rings. The second-order valence-corrected chi connectivity index (χ2v) is 8.38. The molecule has 3 heterocycles. The normalized spacial score (nSPS) is 27.8. The van der Waals surface area contributed by atoms with Crippen LogP contribution in [0.1, 0.15) is 15.2 Å². The Hall–Kier alpha value is -2.10. The van der Waals surface area contributed by atoms with Crippen LogP contribution in [0.3, 0.4) is 0 Å². The molecule has 0 saturated carbocycles. The Kier molecular flexibility index (Phi) is 4.60. The Balaban J connectivity index is 1.56. The highest BCUT2D eigenvalue weighted by Crippen LogP contribution is 2.44. The SMILES string of the molecule is O=C(NC1NC2(c3ccns3)CN(C(=O)O)CC2CS1)c1ccccc1. The lowest BCUT2D eigenvalue weighted by Crippen LogP contribution is -2.60. The zero-order chi connectivity index (χ0) is 18.1. The molecule has 7 nitrogen and oxygen atoms in total. The number of nitrogens with zero attached hydrogens (tertiary/aromatic N) is 2. The molecule has 9 heteroatoms. The molecular weight excluding hydrogens is 372 g/mol. The highest BCUT2D eigenvalue weighted by Gasteiger charge is 2.53. The number of hydrogen-bond acceptors (Lipinski definition) is 6. The summed E-state index contributed by atoms with van der Waals surface area (Å²) < 4.78 is 4.20. The van der Waals surface area contributed by atoms with Crippen LogP contribution >= 0.6 is 23.3 Å². The van der Waals surface area contributed by atoms with E-state index in [4.69, 9.17) is 0 Å². The second kappa shape index (κ2) is 6.90. The highest BCUT2D eigenvalue weighted by atomic mass is 32.2. The zero-order valence-corrected chi connectivity index (χ0v) is 15.4. The van der Waals surface area contributed by atoms with Crippen molar-refractivity contribution in [2.45, 2.75) is 11.0 Å². The Bertz CT molecular complexity index is 802. The molecule has 4 rings (SSSR count). The molecule has 1 aromatic heterocycles. The van der Waals surface area contributed by atoms with Crippen molar-refractivity contribution in [2.24, 2.45) is 5.92 Å². The number of amides is 2. The van der Waals surface area contributed by atoms with Crippen molar-refractivity contribution in [2.75, 3.05) is 18.8 Å². The predicted octanol–water partition coefficient (Wildman–Crippen LogP) is 2.00. The number of aromatic nitrogens is 1. The van der Waals surface area contributed by atoms with Gasteiger partial charge in [-0.1, -0.05) is 18.2 Å². The van der Waals surface area contributed by atoms with Gasteiger partial charge >= 0.3 is 6.09 Å². The first kappa shape index (κ1) is 17.3. The van der Waals surface area contributed by atoms with Crippen molar-refractivity contribution >= 4 is 35.3 Å². The fourth-order valence-electron chi connectivity index (χ4n) is 3.57. The number of thioether (sulfide) groups is 1. The molecule has 2 saturated heterocycles. The Morgan fingerprint density at radius 1 is 1.31 bits per heavy atom. The van der Waals surface area contributed by atoms with E-state index in [1.807, 2.05) is 24.3 Å². The lowest BCUT2D eigenvalue weighted by molar-refractivity contribution is 0.0932. The van der Waals surface area contributed by atoms with Crippen LogP contribution in [0, 0.1) is 5.92 Å². The van der Waals surface area contributed by atoms with Crippen LogP contribution in [-0.4, -0.2) is 50.7 Å². The summed E-state index contributed by atoms with van der Waals surface area (Å²) in [7, 11) is 0. The number of likely N-dealkylation sites (tertiary alicyclic amines) is 1. The maximum Gasteiger partial charge on any atom is 0.407 e. The molecule has 3 N–H and O–H groups in total. The summed E-state index contributed by atoms with van der Waals surface area (Å²) >= 11 is 2.97. The van der Waals surface area contributed by atoms with E-state index in [1.54, 1.807) is 30.1 Å². The van der Waals surface area contributed by atoms with Gasteiger partial charge in [0.05, 0.1) is 5.54 Å². The standard InChI is InChI=1S/C17H18N4O3S2/c22-14(11-4-2-1-3-5-11)19-15-20-17(13-6-7-18-26-13)10-21(16(23)24)8-12(17)9-25-15/h1-7,12,15,20H,8-10H2,(H,19,22)(H,23,24). The van der Waals surface area contributed by atoms with Gasteiger partial charge in [0.1, 0.15) is 5.50 Å². The molecule has 0 spiro atoms. The Morgan fingerprint density at radius 2 is 2.12 bits per heavy atom. The summed E-state index contributed by atoms with van der Waals surface area (Å²) in [6.07, 6.45) is 0.816. The number of fused-ring (bicyclic) bond motifs is 1. The van der Waals surface area contributed by atoms with E-state index in [9.17, 15) is 14.7 Å². The van der Waals surface area contributed by atoms with Crippen LogP contribution in [0.2, 0.25) is 0 Å². The van der Waals surface area contributed by atoms with E-state index in [-0.39, 0.29) is 17.3 Å². The Labute approximate surface area is 158 Å². The summed E-state index contributed by atoms with van der Waals surface area (Å²) in [4.78, 5) is 26.4. The first-order valence-corrected chi connectivity index (χ1v) is 10.0. The fourth-order valence-corrected chi connectivity index (χ4v) is 5.68. The first-order chi connectivity index (χ1) is 12.6. The molecule has 136 valence electrons. The van der Waals surface area contributed by atoms with Gasteiger partial charge in [-0.3, -0.25) is 10.1 Å². The smallest absolute Gasteiger partial charge is 0.407 e. The minimum Gasteiger partial charge on any atom is -0.465 e. The van der Waals surface area contributed by atoms with Crippen LogP contribution < -0.4 is 10.6 Å². The topological polar surface area (TPSA) is 94.6 Å². The van der Waals surface area contributed by atoms with Crippen LogP contribution in [0.4, 0.5) is 4.79 Å². The molecule has 1 aromatic carbocycles. The number of benzene rings is 1. The largest absolute Gasteiger partial charge is 0.465 e. The second-order valence-electron chi connectivity index (χ2n) is 6.41. The first-order valence-electron chi connectivity index (χ1n) is 8.23.